The number of carboxylic acid groups (broad SMARTS) is 1. The Kier molecular flexibility index (Phi) is 6.01. The molecule has 1 aromatic heterocycles. The zero-order chi connectivity index (χ0) is 24.4. The fourth-order valence-corrected chi connectivity index (χ4v) is 3.67. The second-order valence-electron chi connectivity index (χ2n) is 7.70. The number of H-pyrrole nitrogens is 1. The minimum atomic E-state index is -1.13. The molecule has 1 heterocycles. The summed E-state index contributed by atoms with van der Waals surface area (Å²) in [4.78, 5) is 40.8. The molecule has 0 saturated heterocycles. The van der Waals surface area contributed by atoms with E-state index in [9.17, 15) is 23.9 Å². The number of benzene rings is 3. The van der Waals surface area contributed by atoms with E-state index in [1.807, 2.05) is 30.3 Å². The minimum absolute atomic E-state index is 0.0204. The molecule has 0 unspecified atom stereocenters. The first-order valence-corrected chi connectivity index (χ1v) is 10.2. The van der Waals surface area contributed by atoms with Crippen LogP contribution < -0.4 is 15.8 Å². The average Bonchev–Trinajstić information content (AvgIpc) is 2.80. The molecular weight excluding hydrogens is 441 g/mol. The third kappa shape index (κ3) is 4.44. The number of hydrogen-bond donors (Lipinski definition) is 4. The van der Waals surface area contributed by atoms with Crippen LogP contribution in [0, 0.1) is 5.82 Å². The SMILES string of the molecule is CN(Cc1ccccc1)c1cc(F)cc2c(O)c(C(=O)Nc3ccc(C(=O)O)cc3)c(=O)[nH]c12. The lowest BCUT2D eigenvalue weighted by Crippen LogP contribution is -2.24. The van der Waals surface area contributed by atoms with Crippen molar-refractivity contribution < 1.29 is 24.2 Å². The number of carboxylic acids is 1. The van der Waals surface area contributed by atoms with Gasteiger partial charge < -0.3 is 25.4 Å². The summed E-state index contributed by atoms with van der Waals surface area (Å²) in [5, 5.41) is 22.2. The van der Waals surface area contributed by atoms with E-state index in [4.69, 9.17) is 5.11 Å². The Morgan fingerprint density at radius 1 is 1.06 bits per heavy atom. The number of aromatic nitrogens is 1. The molecule has 0 spiro atoms. The van der Waals surface area contributed by atoms with Gasteiger partial charge in [0.05, 0.1) is 16.8 Å². The zero-order valence-corrected chi connectivity index (χ0v) is 18.0. The lowest BCUT2D eigenvalue weighted by molar-refractivity contribution is 0.0696. The van der Waals surface area contributed by atoms with E-state index in [0.717, 1.165) is 11.6 Å². The Morgan fingerprint density at radius 2 is 1.74 bits per heavy atom. The van der Waals surface area contributed by atoms with Crippen LogP contribution in [-0.2, 0) is 6.54 Å². The third-order valence-corrected chi connectivity index (χ3v) is 5.33. The minimum Gasteiger partial charge on any atom is -0.506 e. The highest BCUT2D eigenvalue weighted by Crippen LogP contribution is 2.33. The number of fused-ring (bicyclic) bond motifs is 1. The summed E-state index contributed by atoms with van der Waals surface area (Å²) in [5.41, 5.74) is 0.275. The summed E-state index contributed by atoms with van der Waals surface area (Å²) in [6, 6.07) is 17.0. The maximum absolute atomic E-state index is 14.5. The molecule has 1 amide bonds. The number of aromatic carboxylic acids is 1. The van der Waals surface area contributed by atoms with Gasteiger partial charge >= 0.3 is 5.97 Å². The molecule has 0 aliphatic rings. The summed E-state index contributed by atoms with van der Waals surface area (Å²) in [7, 11) is 1.72. The number of rotatable bonds is 6. The summed E-state index contributed by atoms with van der Waals surface area (Å²) in [6.07, 6.45) is 0. The molecule has 3 aromatic carbocycles. The van der Waals surface area contributed by atoms with E-state index in [2.05, 4.69) is 10.3 Å². The van der Waals surface area contributed by atoms with Gasteiger partial charge in [0.2, 0.25) is 0 Å². The van der Waals surface area contributed by atoms with Gasteiger partial charge in [-0.05, 0) is 42.0 Å². The first-order chi connectivity index (χ1) is 16.2. The Hall–Kier alpha value is -4.66. The van der Waals surface area contributed by atoms with Crippen LogP contribution in [0.25, 0.3) is 10.9 Å². The number of carbonyl (C=O) groups is 2. The third-order valence-electron chi connectivity index (χ3n) is 5.33. The normalized spacial score (nSPS) is 10.8. The number of aromatic hydroxyl groups is 1. The van der Waals surface area contributed by atoms with Crippen LogP contribution in [0.2, 0.25) is 0 Å². The highest BCUT2D eigenvalue weighted by atomic mass is 19.1. The number of carbonyl (C=O) groups excluding carboxylic acids is 1. The predicted molar refractivity (Wildman–Crippen MR) is 126 cm³/mol. The molecule has 0 saturated carbocycles. The second-order valence-corrected chi connectivity index (χ2v) is 7.70. The molecule has 0 atom stereocenters. The zero-order valence-electron chi connectivity index (χ0n) is 18.0. The highest BCUT2D eigenvalue weighted by molar-refractivity contribution is 6.10. The monoisotopic (exact) mass is 461 g/mol. The molecule has 0 fully saturated rings. The predicted octanol–water partition coefficient (Wildman–Crippen LogP) is 3.96. The standard InChI is InChI=1S/C25H20FN3O5/c1-29(13-14-5-3-2-4-6-14)19-12-16(26)11-18-21(19)28-24(32)20(22(18)30)23(31)27-17-9-7-15(8-10-17)25(33)34/h2-12H,13H2,1H3,(H,27,31)(H,33,34)(H2,28,30,32). The van der Waals surface area contributed by atoms with Crippen molar-refractivity contribution in [2.45, 2.75) is 6.54 Å². The maximum Gasteiger partial charge on any atom is 0.335 e. The largest absolute Gasteiger partial charge is 0.506 e. The van der Waals surface area contributed by atoms with Gasteiger partial charge in [-0.2, -0.15) is 0 Å². The van der Waals surface area contributed by atoms with Gasteiger partial charge in [0.25, 0.3) is 11.5 Å². The number of halogens is 1. The molecule has 4 N–H and O–H groups in total. The number of hydrogen-bond acceptors (Lipinski definition) is 5. The molecule has 4 rings (SSSR count). The van der Waals surface area contributed by atoms with Crippen LogP contribution in [0.1, 0.15) is 26.3 Å². The lowest BCUT2D eigenvalue weighted by atomic mass is 10.1. The molecule has 8 nitrogen and oxygen atoms in total. The Bertz CT molecular complexity index is 1450. The Morgan fingerprint density at radius 3 is 2.38 bits per heavy atom. The Labute approximate surface area is 192 Å². The van der Waals surface area contributed by atoms with E-state index in [1.165, 1.54) is 30.3 Å². The number of anilines is 2. The van der Waals surface area contributed by atoms with Crippen molar-refractivity contribution in [2.75, 3.05) is 17.3 Å². The molecule has 0 aliphatic heterocycles. The molecule has 0 aliphatic carbocycles. The number of amides is 1. The van der Waals surface area contributed by atoms with Crippen molar-refractivity contribution >= 4 is 34.2 Å². The van der Waals surface area contributed by atoms with Gasteiger partial charge in [-0.25, -0.2) is 9.18 Å². The lowest BCUT2D eigenvalue weighted by Gasteiger charge is -2.22. The van der Waals surface area contributed by atoms with Gasteiger partial charge in [0.15, 0.2) is 0 Å². The smallest absolute Gasteiger partial charge is 0.335 e. The molecule has 172 valence electrons. The van der Waals surface area contributed by atoms with E-state index in [1.54, 1.807) is 11.9 Å². The summed E-state index contributed by atoms with van der Waals surface area (Å²) in [6.45, 7) is 0.413. The fraction of sp³-hybridized carbons (Fsp3) is 0.0800. The first kappa shape index (κ1) is 22.5. The highest BCUT2D eigenvalue weighted by Gasteiger charge is 2.22. The van der Waals surface area contributed by atoms with Crippen LogP contribution in [0.5, 0.6) is 5.75 Å². The van der Waals surface area contributed by atoms with Crippen LogP contribution in [0.4, 0.5) is 15.8 Å². The number of nitrogens with zero attached hydrogens (tertiary/aromatic N) is 1. The van der Waals surface area contributed by atoms with Crippen LogP contribution >= 0.6 is 0 Å². The van der Waals surface area contributed by atoms with Gasteiger partial charge in [-0.3, -0.25) is 9.59 Å². The number of nitrogens with one attached hydrogen (secondary N) is 2. The first-order valence-electron chi connectivity index (χ1n) is 10.2. The van der Waals surface area contributed by atoms with Crippen molar-refractivity contribution in [1.82, 2.24) is 4.98 Å². The molecule has 9 heteroatoms. The van der Waals surface area contributed by atoms with Crippen molar-refractivity contribution in [3.63, 3.8) is 0 Å². The van der Waals surface area contributed by atoms with Gasteiger partial charge in [0, 0.05) is 24.7 Å². The average molecular weight is 461 g/mol. The summed E-state index contributed by atoms with van der Waals surface area (Å²) >= 11 is 0. The van der Waals surface area contributed by atoms with E-state index < -0.39 is 34.6 Å². The van der Waals surface area contributed by atoms with Crippen LogP contribution in [0.15, 0.2) is 71.5 Å². The number of pyridine rings is 1. The van der Waals surface area contributed by atoms with Crippen LogP contribution in [-0.4, -0.2) is 34.1 Å². The molecular formula is C25H20FN3O5. The fourth-order valence-electron chi connectivity index (χ4n) is 3.67. The van der Waals surface area contributed by atoms with E-state index >= 15 is 0 Å². The molecule has 0 bridgehead atoms. The van der Waals surface area contributed by atoms with Crippen molar-refractivity contribution in [3.05, 3.63) is 99.6 Å². The van der Waals surface area contributed by atoms with Gasteiger partial charge in [-0.15, -0.1) is 0 Å². The van der Waals surface area contributed by atoms with Gasteiger partial charge in [0.1, 0.15) is 17.1 Å². The van der Waals surface area contributed by atoms with Crippen molar-refractivity contribution in [1.29, 1.82) is 0 Å². The van der Waals surface area contributed by atoms with E-state index in [0.29, 0.717) is 12.2 Å². The maximum atomic E-state index is 14.5. The second kappa shape index (κ2) is 9.07. The molecule has 4 aromatic rings. The summed E-state index contributed by atoms with van der Waals surface area (Å²) in [5.74, 6) is -3.36. The van der Waals surface area contributed by atoms with Crippen molar-refractivity contribution in [3.8, 4) is 5.75 Å². The van der Waals surface area contributed by atoms with Crippen LogP contribution in [0.3, 0.4) is 0 Å². The topological polar surface area (TPSA) is 123 Å². The molecule has 34 heavy (non-hydrogen) atoms. The summed E-state index contributed by atoms with van der Waals surface area (Å²) < 4.78 is 14.5. The van der Waals surface area contributed by atoms with E-state index in [-0.39, 0.29) is 22.2 Å². The molecule has 0 radical (unpaired) electrons. The number of aromatic amines is 1. The Balaban J connectivity index is 1.72. The quantitative estimate of drug-likeness (QED) is 0.345. The van der Waals surface area contributed by atoms with Gasteiger partial charge in [-0.1, -0.05) is 30.3 Å². The van der Waals surface area contributed by atoms with Crippen molar-refractivity contribution in [2.24, 2.45) is 0 Å².